The van der Waals surface area contributed by atoms with E-state index in [2.05, 4.69) is 15.9 Å². The predicted octanol–water partition coefficient (Wildman–Crippen LogP) is 2.94. The molecule has 0 aromatic heterocycles. The van der Waals surface area contributed by atoms with Crippen molar-refractivity contribution in [2.45, 2.75) is 13.3 Å². The number of halogens is 1. The van der Waals surface area contributed by atoms with E-state index in [4.69, 9.17) is 4.74 Å². The van der Waals surface area contributed by atoms with E-state index in [0.717, 1.165) is 24.8 Å². The summed E-state index contributed by atoms with van der Waals surface area (Å²) in [6, 6.07) is 7.48. The Hall–Kier alpha value is -1.03. The van der Waals surface area contributed by atoms with Crippen LogP contribution in [0.3, 0.4) is 0 Å². The molecule has 1 fully saturated rings. The van der Waals surface area contributed by atoms with Gasteiger partial charge in [-0.1, -0.05) is 28.1 Å². The first-order valence-corrected chi connectivity index (χ1v) is 7.45. The Morgan fingerprint density at radius 2 is 2.28 bits per heavy atom. The normalized spacial score (nSPS) is 19.0. The van der Waals surface area contributed by atoms with Crippen LogP contribution in [0.25, 0.3) is 0 Å². The van der Waals surface area contributed by atoms with Crippen molar-refractivity contribution in [2.75, 3.05) is 25.0 Å². The summed E-state index contributed by atoms with van der Waals surface area (Å²) in [4.78, 5) is 14.4. The van der Waals surface area contributed by atoms with Gasteiger partial charge in [-0.25, -0.2) is 0 Å². The number of benzene rings is 1. The molecule has 1 heterocycles. The van der Waals surface area contributed by atoms with Crippen molar-refractivity contribution in [3.8, 4) is 5.75 Å². The number of alkyl halides is 1. The highest BCUT2D eigenvalue weighted by Gasteiger charge is 2.27. The van der Waals surface area contributed by atoms with Gasteiger partial charge in [-0.2, -0.15) is 0 Å². The fraction of sp³-hybridized carbons (Fsp3) is 0.500. The molecule has 0 radical (unpaired) electrons. The fourth-order valence-corrected chi connectivity index (χ4v) is 2.77. The van der Waals surface area contributed by atoms with Crippen molar-refractivity contribution < 1.29 is 9.53 Å². The molecule has 98 valence electrons. The third kappa shape index (κ3) is 2.86. The smallest absolute Gasteiger partial charge is 0.257 e. The molecule has 18 heavy (non-hydrogen) atoms. The maximum absolute atomic E-state index is 12.4. The van der Waals surface area contributed by atoms with Gasteiger partial charge >= 0.3 is 0 Å². The van der Waals surface area contributed by atoms with Gasteiger partial charge in [0.2, 0.25) is 0 Å². The Bertz CT molecular complexity index is 422. The molecule has 1 aromatic carbocycles. The minimum absolute atomic E-state index is 0.0856. The van der Waals surface area contributed by atoms with Crippen molar-refractivity contribution in [3.05, 3.63) is 29.8 Å². The van der Waals surface area contributed by atoms with Crippen LogP contribution in [0.15, 0.2) is 24.3 Å². The zero-order valence-corrected chi connectivity index (χ0v) is 12.1. The average Bonchev–Trinajstić information content (AvgIpc) is 2.88. The van der Waals surface area contributed by atoms with E-state index in [9.17, 15) is 4.79 Å². The summed E-state index contributed by atoms with van der Waals surface area (Å²) in [6.07, 6.45) is 1.08. The molecule has 0 spiro atoms. The van der Waals surface area contributed by atoms with E-state index in [1.54, 1.807) is 0 Å². The number of para-hydroxylation sites is 1. The standard InChI is InChI=1S/C14H18BrNO2/c1-2-18-13-6-4-3-5-12(13)14(17)16-8-7-11(9-15)10-16/h3-6,11H,2,7-10H2,1H3. The monoisotopic (exact) mass is 311 g/mol. The molecule has 1 aliphatic heterocycles. The molecule has 1 amide bonds. The number of carbonyl (C=O) groups is 1. The first kappa shape index (κ1) is 13.4. The number of amides is 1. The molecule has 2 rings (SSSR count). The first-order chi connectivity index (χ1) is 8.76. The van der Waals surface area contributed by atoms with E-state index in [1.807, 2.05) is 36.1 Å². The van der Waals surface area contributed by atoms with Gasteiger partial charge in [0.15, 0.2) is 0 Å². The van der Waals surface area contributed by atoms with E-state index in [-0.39, 0.29) is 5.91 Å². The number of ether oxygens (including phenoxy) is 1. The van der Waals surface area contributed by atoms with Gasteiger partial charge < -0.3 is 9.64 Å². The zero-order chi connectivity index (χ0) is 13.0. The summed E-state index contributed by atoms with van der Waals surface area (Å²) >= 11 is 3.49. The molecule has 4 heteroatoms. The van der Waals surface area contributed by atoms with Crippen molar-refractivity contribution in [1.29, 1.82) is 0 Å². The van der Waals surface area contributed by atoms with Crippen molar-refractivity contribution in [3.63, 3.8) is 0 Å². The highest BCUT2D eigenvalue weighted by Crippen LogP contribution is 2.24. The molecule has 0 bridgehead atoms. The van der Waals surface area contributed by atoms with Crippen LogP contribution < -0.4 is 4.74 Å². The van der Waals surface area contributed by atoms with E-state index >= 15 is 0 Å². The summed E-state index contributed by atoms with van der Waals surface area (Å²) in [5.41, 5.74) is 0.676. The molecule has 1 aromatic rings. The number of hydrogen-bond acceptors (Lipinski definition) is 2. The van der Waals surface area contributed by atoms with Gasteiger partial charge in [0.25, 0.3) is 5.91 Å². The summed E-state index contributed by atoms with van der Waals surface area (Å²) in [6.45, 7) is 4.19. The molecule has 1 atom stereocenters. The second kappa shape index (κ2) is 6.23. The van der Waals surface area contributed by atoms with E-state index < -0.39 is 0 Å². The third-order valence-corrected chi connectivity index (χ3v) is 4.12. The van der Waals surface area contributed by atoms with Crippen LogP contribution in [-0.2, 0) is 0 Å². The average molecular weight is 312 g/mol. The summed E-state index contributed by atoms with van der Waals surface area (Å²) in [5, 5.41) is 0.962. The number of carbonyl (C=O) groups excluding carboxylic acids is 1. The van der Waals surface area contributed by atoms with Crippen LogP contribution >= 0.6 is 15.9 Å². The van der Waals surface area contributed by atoms with Crippen LogP contribution in [0, 0.1) is 5.92 Å². The molecular weight excluding hydrogens is 294 g/mol. The van der Waals surface area contributed by atoms with Gasteiger partial charge in [0.05, 0.1) is 12.2 Å². The Morgan fingerprint density at radius 3 is 2.94 bits per heavy atom. The molecule has 0 saturated carbocycles. The van der Waals surface area contributed by atoms with E-state index in [1.165, 1.54) is 0 Å². The highest BCUT2D eigenvalue weighted by atomic mass is 79.9. The lowest BCUT2D eigenvalue weighted by Gasteiger charge is -2.18. The molecule has 0 N–H and O–H groups in total. The lowest BCUT2D eigenvalue weighted by Crippen LogP contribution is -2.29. The second-order valence-electron chi connectivity index (χ2n) is 4.49. The largest absolute Gasteiger partial charge is 0.493 e. The van der Waals surface area contributed by atoms with Crippen LogP contribution in [-0.4, -0.2) is 35.8 Å². The van der Waals surface area contributed by atoms with Crippen molar-refractivity contribution in [1.82, 2.24) is 4.90 Å². The fourth-order valence-electron chi connectivity index (χ4n) is 2.24. The SMILES string of the molecule is CCOc1ccccc1C(=O)N1CCC(CBr)C1. The predicted molar refractivity (Wildman–Crippen MR) is 75.4 cm³/mol. The van der Waals surface area contributed by atoms with Crippen LogP contribution in [0.2, 0.25) is 0 Å². The molecule has 0 aliphatic carbocycles. The van der Waals surface area contributed by atoms with Gasteiger partial charge in [0, 0.05) is 18.4 Å². The maximum Gasteiger partial charge on any atom is 0.257 e. The topological polar surface area (TPSA) is 29.5 Å². The first-order valence-electron chi connectivity index (χ1n) is 6.33. The third-order valence-electron chi connectivity index (χ3n) is 3.21. The van der Waals surface area contributed by atoms with Gasteiger partial charge in [-0.05, 0) is 31.4 Å². The van der Waals surface area contributed by atoms with Crippen molar-refractivity contribution >= 4 is 21.8 Å². The van der Waals surface area contributed by atoms with Gasteiger partial charge in [-0.3, -0.25) is 4.79 Å². The Labute approximate surface area is 116 Å². The van der Waals surface area contributed by atoms with Gasteiger partial charge in [-0.15, -0.1) is 0 Å². The summed E-state index contributed by atoms with van der Waals surface area (Å²) in [7, 11) is 0. The van der Waals surface area contributed by atoms with Crippen LogP contribution in [0.1, 0.15) is 23.7 Å². The number of likely N-dealkylation sites (tertiary alicyclic amines) is 1. The minimum Gasteiger partial charge on any atom is -0.493 e. The molecule has 1 aliphatic rings. The summed E-state index contributed by atoms with van der Waals surface area (Å²) < 4.78 is 5.51. The zero-order valence-electron chi connectivity index (χ0n) is 10.6. The lowest BCUT2D eigenvalue weighted by molar-refractivity contribution is 0.0784. The Kier molecular flexibility index (Phi) is 4.64. The second-order valence-corrected chi connectivity index (χ2v) is 5.14. The molecule has 1 saturated heterocycles. The minimum atomic E-state index is 0.0856. The number of rotatable bonds is 4. The Morgan fingerprint density at radius 1 is 1.50 bits per heavy atom. The Balaban J connectivity index is 2.14. The summed E-state index contributed by atoms with van der Waals surface area (Å²) in [5.74, 6) is 1.35. The maximum atomic E-state index is 12.4. The van der Waals surface area contributed by atoms with E-state index in [0.29, 0.717) is 23.8 Å². The molecule has 3 nitrogen and oxygen atoms in total. The highest BCUT2D eigenvalue weighted by molar-refractivity contribution is 9.09. The van der Waals surface area contributed by atoms with Gasteiger partial charge in [0.1, 0.15) is 5.75 Å². The molecule has 1 unspecified atom stereocenters. The van der Waals surface area contributed by atoms with Crippen LogP contribution in [0.5, 0.6) is 5.75 Å². The molecular formula is C14H18BrNO2. The number of nitrogens with zero attached hydrogens (tertiary/aromatic N) is 1. The quantitative estimate of drug-likeness (QED) is 0.800. The van der Waals surface area contributed by atoms with Crippen molar-refractivity contribution in [2.24, 2.45) is 5.92 Å². The van der Waals surface area contributed by atoms with Crippen LogP contribution in [0.4, 0.5) is 0 Å². The number of hydrogen-bond donors (Lipinski definition) is 0. The lowest BCUT2D eigenvalue weighted by atomic mass is 10.1.